The lowest BCUT2D eigenvalue weighted by Crippen LogP contribution is -2.30. The third-order valence-corrected chi connectivity index (χ3v) is 3.18. The van der Waals surface area contributed by atoms with Crippen LogP contribution in [0.4, 0.5) is 4.39 Å². The van der Waals surface area contributed by atoms with Gasteiger partial charge in [0.2, 0.25) is 0 Å². The summed E-state index contributed by atoms with van der Waals surface area (Å²) in [5.41, 5.74) is 0.492. The van der Waals surface area contributed by atoms with E-state index in [1.807, 2.05) is 0 Å². The summed E-state index contributed by atoms with van der Waals surface area (Å²) in [5.74, 6) is -1.22. The van der Waals surface area contributed by atoms with E-state index in [2.05, 4.69) is 0 Å². The molecule has 2 rings (SSSR count). The van der Waals surface area contributed by atoms with E-state index in [1.54, 1.807) is 37.6 Å². The summed E-state index contributed by atoms with van der Waals surface area (Å²) in [6, 6.07) is 6.18. The van der Waals surface area contributed by atoms with Crippen LogP contribution in [0.15, 0.2) is 24.3 Å². The molecular weight excluding hydrogens is 221 g/mol. The van der Waals surface area contributed by atoms with Crippen molar-refractivity contribution in [1.29, 1.82) is 0 Å². The summed E-state index contributed by atoms with van der Waals surface area (Å²) >= 11 is 0. The number of hydrogen-bond acceptors (Lipinski definition) is 1. The zero-order valence-corrected chi connectivity index (χ0v) is 9.99. The Hall–Kier alpha value is -1.84. The van der Waals surface area contributed by atoms with Crippen LogP contribution in [-0.2, 0) is 17.3 Å². The van der Waals surface area contributed by atoms with Gasteiger partial charge in [0.1, 0.15) is 11.2 Å². The molecule has 1 N–H and O–H groups in total. The Bertz CT molecular complexity index is 599. The summed E-state index contributed by atoms with van der Waals surface area (Å²) < 4.78 is 14.9. The Morgan fingerprint density at radius 3 is 2.59 bits per heavy atom. The number of aliphatic carboxylic acids is 1. The van der Waals surface area contributed by atoms with E-state index in [0.717, 1.165) is 10.9 Å². The van der Waals surface area contributed by atoms with Crippen molar-refractivity contribution in [2.45, 2.75) is 19.3 Å². The smallest absolute Gasteiger partial charge is 0.315 e. The Morgan fingerprint density at radius 2 is 2.00 bits per heavy atom. The molecule has 0 atom stereocenters. The molecule has 0 amide bonds. The molecule has 0 fully saturated rings. The zero-order valence-electron chi connectivity index (χ0n) is 9.99. The van der Waals surface area contributed by atoms with E-state index < -0.39 is 11.4 Å². The van der Waals surface area contributed by atoms with Crippen molar-refractivity contribution in [3.05, 3.63) is 35.8 Å². The van der Waals surface area contributed by atoms with Crippen LogP contribution < -0.4 is 0 Å². The van der Waals surface area contributed by atoms with Gasteiger partial charge in [0, 0.05) is 23.6 Å². The normalized spacial score (nSPS) is 12.0. The van der Waals surface area contributed by atoms with Gasteiger partial charge in [-0.1, -0.05) is 0 Å². The summed E-state index contributed by atoms with van der Waals surface area (Å²) in [6.07, 6.45) is 0. The van der Waals surface area contributed by atoms with E-state index in [9.17, 15) is 14.3 Å². The molecule has 0 aliphatic rings. The first-order chi connectivity index (χ1) is 7.84. The van der Waals surface area contributed by atoms with Crippen LogP contribution in [0.2, 0.25) is 0 Å². The Kier molecular flexibility index (Phi) is 2.45. The van der Waals surface area contributed by atoms with Gasteiger partial charge >= 0.3 is 5.97 Å². The molecule has 0 aliphatic carbocycles. The number of hydrogen-bond donors (Lipinski definition) is 1. The lowest BCUT2D eigenvalue weighted by atomic mass is 9.89. The number of nitrogens with zero attached hydrogens (tertiary/aromatic N) is 1. The van der Waals surface area contributed by atoms with Crippen LogP contribution in [0.1, 0.15) is 19.5 Å². The highest BCUT2D eigenvalue weighted by Crippen LogP contribution is 2.29. The minimum Gasteiger partial charge on any atom is -0.481 e. The van der Waals surface area contributed by atoms with Gasteiger partial charge in [0.25, 0.3) is 0 Å². The molecule has 0 saturated heterocycles. The Morgan fingerprint density at radius 1 is 1.35 bits per heavy atom. The van der Waals surface area contributed by atoms with Crippen molar-refractivity contribution in [2.24, 2.45) is 7.05 Å². The monoisotopic (exact) mass is 235 g/mol. The van der Waals surface area contributed by atoms with Crippen molar-refractivity contribution in [2.75, 3.05) is 0 Å². The lowest BCUT2D eigenvalue weighted by Gasteiger charge is -2.20. The molecule has 1 aromatic carbocycles. The fourth-order valence-corrected chi connectivity index (χ4v) is 2.03. The molecule has 0 aliphatic heterocycles. The molecule has 0 bridgehead atoms. The van der Waals surface area contributed by atoms with Gasteiger partial charge in [-0.25, -0.2) is 4.39 Å². The second-order valence-electron chi connectivity index (χ2n) is 4.72. The quantitative estimate of drug-likeness (QED) is 0.869. The molecular formula is C13H14FNO2. The molecule has 0 unspecified atom stereocenters. The summed E-state index contributed by atoms with van der Waals surface area (Å²) in [6.45, 7) is 3.28. The van der Waals surface area contributed by atoms with Crippen LogP contribution in [0.3, 0.4) is 0 Å². The maximum absolute atomic E-state index is 13.1. The molecule has 0 saturated carbocycles. The Labute approximate surface area is 98.5 Å². The van der Waals surface area contributed by atoms with Crippen LogP contribution in [0.25, 0.3) is 10.9 Å². The fourth-order valence-electron chi connectivity index (χ4n) is 2.03. The topological polar surface area (TPSA) is 42.2 Å². The number of carbonyl (C=O) groups is 1. The SMILES string of the molecule is Cn1c(C(C)(C)C(=O)O)cc2cc(F)ccc21. The predicted molar refractivity (Wildman–Crippen MR) is 63.5 cm³/mol. The highest BCUT2D eigenvalue weighted by atomic mass is 19.1. The molecule has 1 aromatic heterocycles. The fraction of sp³-hybridized carbons (Fsp3) is 0.308. The molecule has 90 valence electrons. The number of carboxylic acid groups (broad SMARTS) is 1. The first-order valence-corrected chi connectivity index (χ1v) is 5.33. The summed E-state index contributed by atoms with van der Waals surface area (Å²) in [7, 11) is 1.79. The molecule has 1 heterocycles. The van der Waals surface area contributed by atoms with Crippen molar-refractivity contribution in [1.82, 2.24) is 4.57 Å². The van der Waals surface area contributed by atoms with Crippen molar-refractivity contribution < 1.29 is 14.3 Å². The third-order valence-electron chi connectivity index (χ3n) is 3.18. The van der Waals surface area contributed by atoms with Gasteiger partial charge in [-0.3, -0.25) is 4.79 Å². The Balaban J connectivity index is 2.72. The molecule has 17 heavy (non-hydrogen) atoms. The van der Waals surface area contributed by atoms with E-state index in [0.29, 0.717) is 5.69 Å². The second-order valence-corrected chi connectivity index (χ2v) is 4.72. The van der Waals surface area contributed by atoms with Gasteiger partial charge in [0.05, 0.1) is 0 Å². The molecule has 0 spiro atoms. The zero-order chi connectivity index (χ0) is 12.8. The maximum atomic E-state index is 13.1. The van der Waals surface area contributed by atoms with E-state index in [1.165, 1.54) is 12.1 Å². The largest absolute Gasteiger partial charge is 0.481 e. The van der Waals surface area contributed by atoms with Crippen molar-refractivity contribution >= 4 is 16.9 Å². The van der Waals surface area contributed by atoms with Crippen LogP contribution in [0, 0.1) is 5.82 Å². The summed E-state index contributed by atoms with van der Waals surface area (Å²) in [5, 5.41) is 9.93. The number of carboxylic acids is 1. The standard InChI is InChI=1S/C13H14FNO2/c1-13(2,12(16)17)11-7-8-6-9(14)4-5-10(8)15(11)3/h4-7H,1-3H3,(H,16,17). The van der Waals surface area contributed by atoms with Gasteiger partial charge in [0.15, 0.2) is 0 Å². The number of rotatable bonds is 2. The van der Waals surface area contributed by atoms with E-state index in [-0.39, 0.29) is 5.82 Å². The highest BCUT2D eigenvalue weighted by molar-refractivity contribution is 5.86. The molecule has 4 heteroatoms. The number of benzene rings is 1. The minimum atomic E-state index is -0.996. The van der Waals surface area contributed by atoms with Gasteiger partial charge in [-0.05, 0) is 38.1 Å². The first-order valence-electron chi connectivity index (χ1n) is 5.33. The number of halogens is 1. The average molecular weight is 235 g/mol. The van der Waals surface area contributed by atoms with Gasteiger partial charge in [-0.15, -0.1) is 0 Å². The maximum Gasteiger partial charge on any atom is 0.315 e. The van der Waals surface area contributed by atoms with Crippen molar-refractivity contribution in [3.63, 3.8) is 0 Å². The third kappa shape index (κ3) is 1.69. The lowest BCUT2D eigenvalue weighted by molar-refractivity contribution is -0.142. The molecule has 3 nitrogen and oxygen atoms in total. The van der Waals surface area contributed by atoms with Gasteiger partial charge in [-0.2, -0.15) is 0 Å². The van der Waals surface area contributed by atoms with Gasteiger partial charge < -0.3 is 9.67 Å². The highest BCUT2D eigenvalue weighted by Gasteiger charge is 2.32. The van der Waals surface area contributed by atoms with E-state index in [4.69, 9.17) is 0 Å². The van der Waals surface area contributed by atoms with Crippen LogP contribution >= 0.6 is 0 Å². The molecule has 0 radical (unpaired) electrons. The molecule has 2 aromatic rings. The van der Waals surface area contributed by atoms with Crippen LogP contribution in [-0.4, -0.2) is 15.6 Å². The average Bonchev–Trinajstić information content (AvgIpc) is 2.55. The first kappa shape index (κ1) is 11.6. The minimum absolute atomic E-state index is 0.317. The predicted octanol–water partition coefficient (Wildman–Crippen LogP) is 2.68. The number of aromatic nitrogens is 1. The van der Waals surface area contributed by atoms with Crippen LogP contribution in [0.5, 0.6) is 0 Å². The summed E-state index contributed by atoms with van der Waals surface area (Å²) in [4.78, 5) is 11.2. The second kappa shape index (κ2) is 3.58. The van der Waals surface area contributed by atoms with Crippen molar-refractivity contribution in [3.8, 4) is 0 Å². The number of fused-ring (bicyclic) bond motifs is 1. The number of aryl methyl sites for hydroxylation is 1. The van der Waals surface area contributed by atoms with E-state index >= 15 is 0 Å².